The summed E-state index contributed by atoms with van der Waals surface area (Å²) in [4.78, 5) is 70.9. The molecule has 1 saturated heterocycles. The van der Waals surface area contributed by atoms with Gasteiger partial charge in [-0.05, 0) is 56.1 Å². The third-order valence-electron chi connectivity index (χ3n) is 11.1. The van der Waals surface area contributed by atoms with Crippen molar-refractivity contribution >= 4 is 29.6 Å². The first-order chi connectivity index (χ1) is 24.4. The molecule has 9 atom stereocenters. The quantitative estimate of drug-likeness (QED) is 0.193. The largest absolute Gasteiger partial charge is 0.467 e. The molecule has 13 heteroatoms. The van der Waals surface area contributed by atoms with Crippen LogP contribution in [0.4, 0.5) is 0 Å². The summed E-state index contributed by atoms with van der Waals surface area (Å²) in [6, 6.07) is 5.30. The Kier molecular flexibility index (Phi) is 15.2. The molecule has 1 aromatic carbocycles. The normalized spacial score (nSPS) is 21.1. The number of amides is 4. The summed E-state index contributed by atoms with van der Waals surface area (Å²) in [6.07, 6.45) is 1.44. The van der Waals surface area contributed by atoms with E-state index < -0.39 is 59.7 Å². The molecule has 0 bridgehead atoms. The van der Waals surface area contributed by atoms with Gasteiger partial charge in [0.05, 0.1) is 49.3 Å². The molecule has 1 aliphatic heterocycles. The lowest BCUT2D eigenvalue weighted by molar-refractivity contribution is -0.149. The van der Waals surface area contributed by atoms with Crippen LogP contribution < -0.4 is 16.4 Å². The monoisotopic (exact) mass is 729 g/mol. The molecule has 1 aromatic rings. The minimum atomic E-state index is -1.17. The highest BCUT2D eigenvalue weighted by atomic mass is 16.5. The Hall–Kier alpha value is -3.55. The topological polar surface area (TPSA) is 170 Å². The fraction of sp³-hybridized carbons (Fsp3) is 0.718. The maximum atomic E-state index is 14.2. The molecular weight excluding hydrogens is 666 g/mol. The fourth-order valence-electron chi connectivity index (χ4n) is 7.70. The van der Waals surface area contributed by atoms with E-state index in [0.717, 1.165) is 17.5 Å². The number of carbonyl (C=O) groups is 5. The van der Waals surface area contributed by atoms with Gasteiger partial charge in [-0.25, -0.2) is 4.79 Å². The van der Waals surface area contributed by atoms with Crippen molar-refractivity contribution in [2.45, 2.75) is 128 Å². The minimum absolute atomic E-state index is 0.00330. The molecule has 292 valence electrons. The Balaban J connectivity index is 1.78. The number of nitrogens with two attached hydrogens (primary N) is 1. The molecule has 1 aliphatic carbocycles. The van der Waals surface area contributed by atoms with Crippen molar-refractivity contribution in [3.8, 4) is 0 Å². The van der Waals surface area contributed by atoms with E-state index in [-0.39, 0.29) is 41.9 Å². The summed E-state index contributed by atoms with van der Waals surface area (Å²) in [6.45, 7) is 13.2. The summed E-state index contributed by atoms with van der Waals surface area (Å²) < 4.78 is 17.0. The van der Waals surface area contributed by atoms with Gasteiger partial charge in [-0.1, -0.05) is 65.3 Å². The SMILES string of the molecule is CCC(C)C(C(CC(=O)N1CCC[C@H]1C(OC)C(C)C(=O)NC(C(=O)OC)[C@@H]1Cc2ccccc21)OC)N(C)C(=O)C(NC(=O)C(C)(C)N)C(C)C. The van der Waals surface area contributed by atoms with E-state index in [1.54, 1.807) is 37.6 Å². The number of hydrogen-bond acceptors (Lipinski definition) is 9. The molecule has 1 heterocycles. The van der Waals surface area contributed by atoms with Crippen molar-refractivity contribution in [2.24, 2.45) is 23.5 Å². The average Bonchev–Trinajstić information content (AvgIpc) is 3.58. The highest BCUT2D eigenvalue weighted by molar-refractivity contribution is 5.92. The Bertz CT molecular complexity index is 1410. The van der Waals surface area contributed by atoms with Crippen LogP contribution in [0.3, 0.4) is 0 Å². The van der Waals surface area contributed by atoms with Crippen LogP contribution in [0.15, 0.2) is 24.3 Å². The number of esters is 1. The first kappa shape index (κ1) is 42.9. The Morgan fingerprint density at radius 3 is 2.21 bits per heavy atom. The number of likely N-dealkylation sites (tertiary alicyclic amines) is 1. The van der Waals surface area contributed by atoms with Gasteiger partial charge in [0.1, 0.15) is 12.1 Å². The molecule has 4 amide bonds. The summed E-state index contributed by atoms with van der Waals surface area (Å²) >= 11 is 0. The van der Waals surface area contributed by atoms with Crippen molar-refractivity contribution in [1.82, 2.24) is 20.4 Å². The van der Waals surface area contributed by atoms with Gasteiger partial charge in [-0.15, -0.1) is 0 Å². The lowest BCUT2D eigenvalue weighted by Crippen LogP contribution is -2.60. The Morgan fingerprint density at radius 2 is 1.67 bits per heavy atom. The summed E-state index contributed by atoms with van der Waals surface area (Å²) in [5, 5.41) is 5.77. The van der Waals surface area contributed by atoms with Crippen LogP contribution in [0.1, 0.15) is 91.2 Å². The fourth-order valence-corrected chi connectivity index (χ4v) is 7.70. The van der Waals surface area contributed by atoms with Gasteiger partial charge in [-0.2, -0.15) is 0 Å². The van der Waals surface area contributed by atoms with Gasteiger partial charge < -0.3 is 40.4 Å². The van der Waals surface area contributed by atoms with Gasteiger partial charge in [0.15, 0.2) is 0 Å². The standard InChI is InChI=1S/C39H63N5O8/c1-12-23(4)33(43(8)36(47)31(22(2)3)42-38(49)39(6,7)40)29(50-9)21-30(45)44-19-15-18-28(44)34(51-10)24(5)35(46)41-32(37(48)52-11)27-20-25-16-13-14-17-26(25)27/h13-14,16-17,22-24,27-29,31-34H,12,15,18-21,40H2,1-11H3,(H,41,46)(H,42,49)/t23?,24?,27-,28+,29?,31?,32?,33?,34?/m1/s1. The Labute approximate surface area is 310 Å². The maximum absolute atomic E-state index is 14.2. The molecule has 3 rings (SSSR count). The maximum Gasteiger partial charge on any atom is 0.329 e. The molecule has 0 spiro atoms. The molecule has 4 N–H and O–H groups in total. The van der Waals surface area contributed by atoms with Crippen LogP contribution >= 0.6 is 0 Å². The van der Waals surface area contributed by atoms with Gasteiger partial charge >= 0.3 is 5.97 Å². The van der Waals surface area contributed by atoms with E-state index in [1.807, 2.05) is 52.0 Å². The molecule has 0 radical (unpaired) electrons. The van der Waals surface area contributed by atoms with Crippen molar-refractivity contribution in [3.63, 3.8) is 0 Å². The average molecular weight is 730 g/mol. The zero-order valence-electron chi connectivity index (χ0n) is 33.1. The third-order valence-corrected chi connectivity index (χ3v) is 11.1. The number of rotatable bonds is 18. The van der Waals surface area contributed by atoms with Gasteiger partial charge in [0, 0.05) is 33.7 Å². The van der Waals surface area contributed by atoms with Crippen LogP contribution in [0.5, 0.6) is 0 Å². The molecule has 7 unspecified atom stereocenters. The predicted octanol–water partition coefficient (Wildman–Crippen LogP) is 2.78. The first-order valence-corrected chi connectivity index (χ1v) is 18.6. The van der Waals surface area contributed by atoms with Crippen LogP contribution in [0.25, 0.3) is 0 Å². The van der Waals surface area contributed by atoms with Crippen LogP contribution in [0, 0.1) is 17.8 Å². The van der Waals surface area contributed by atoms with E-state index in [0.29, 0.717) is 25.8 Å². The third kappa shape index (κ3) is 9.70. The van der Waals surface area contributed by atoms with E-state index in [9.17, 15) is 24.0 Å². The van der Waals surface area contributed by atoms with Crippen LogP contribution in [0.2, 0.25) is 0 Å². The second-order valence-electron chi connectivity index (χ2n) is 15.5. The number of methoxy groups -OCH3 is 3. The summed E-state index contributed by atoms with van der Waals surface area (Å²) in [7, 11) is 6.07. The summed E-state index contributed by atoms with van der Waals surface area (Å²) in [5.74, 6) is -2.92. The number of benzene rings is 1. The number of likely N-dealkylation sites (N-methyl/N-ethyl adjacent to an activating group) is 1. The van der Waals surface area contributed by atoms with E-state index in [1.165, 1.54) is 21.3 Å². The zero-order chi connectivity index (χ0) is 39.1. The highest BCUT2D eigenvalue weighted by Gasteiger charge is 2.45. The molecule has 2 aliphatic rings. The lowest BCUT2D eigenvalue weighted by atomic mass is 9.73. The van der Waals surface area contributed by atoms with Crippen LogP contribution in [-0.2, 0) is 44.6 Å². The van der Waals surface area contributed by atoms with E-state index >= 15 is 0 Å². The second-order valence-corrected chi connectivity index (χ2v) is 15.5. The summed E-state index contributed by atoms with van der Waals surface area (Å²) in [5.41, 5.74) is 7.01. The number of nitrogens with one attached hydrogen (secondary N) is 2. The molecule has 52 heavy (non-hydrogen) atoms. The number of hydrogen-bond donors (Lipinski definition) is 3. The van der Waals surface area contributed by atoms with Crippen molar-refractivity contribution in [2.75, 3.05) is 34.9 Å². The Morgan fingerprint density at radius 1 is 1.02 bits per heavy atom. The molecular formula is C39H63N5O8. The molecule has 0 saturated carbocycles. The minimum Gasteiger partial charge on any atom is -0.467 e. The zero-order valence-corrected chi connectivity index (χ0v) is 33.1. The van der Waals surface area contributed by atoms with E-state index in [2.05, 4.69) is 10.6 Å². The number of carbonyl (C=O) groups excluding carboxylic acids is 5. The van der Waals surface area contributed by atoms with Crippen molar-refractivity contribution in [3.05, 3.63) is 35.4 Å². The van der Waals surface area contributed by atoms with Gasteiger partial charge in [-0.3, -0.25) is 19.2 Å². The molecule has 1 fully saturated rings. The number of ether oxygens (including phenoxy) is 3. The molecule has 0 aromatic heterocycles. The van der Waals surface area contributed by atoms with Crippen molar-refractivity contribution in [1.29, 1.82) is 0 Å². The smallest absolute Gasteiger partial charge is 0.329 e. The number of fused-ring (bicyclic) bond motifs is 1. The highest BCUT2D eigenvalue weighted by Crippen LogP contribution is 2.38. The number of nitrogens with zero attached hydrogens (tertiary/aromatic N) is 2. The van der Waals surface area contributed by atoms with E-state index in [4.69, 9.17) is 19.9 Å². The molecule has 13 nitrogen and oxygen atoms in total. The first-order valence-electron chi connectivity index (χ1n) is 18.6. The van der Waals surface area contributed by atoms with Gasteiger partial charge in [0.25, 0.3) is 0 Å². The van der Waals surface area contributed by atoms with Crippen molar-refractivity contribution < 1.29 is 38.2 Å². The second kappa shape index (κ2) is 18.5. The lowest BCUT2D eigenvalue weighted by Gasteiger charge is -2.41. The predicted molar refractivity (Wildman–Crippen MR) is 198 cm³/mol. The van der Waals surface area contributed by atoms with Gasteiger partial charge in [0.2, 0.25) is 23.6 Å². The van der Waals surface area contributed by atoms with Crippen LogP contribution in [-0.4, -0.2) is 116 Å².